The Balaban J connectivity index is 1.47. The summed E-state index contributed by atoms with van der Waals surface area (Å²) in [5, 5.41) is 2.87. The summed E-state index contributed by atoms with van der Waals surface area (Å²) in [6.45, 7) is 0.619. The third kappa shape index (κ3) is 5.40. The molecule has 33 heavy (non-hydrogen) atoms. The van der Waals surface area contributed by atoms with E-state index in [1.807, 2.05) is 0 Å². The second kappa shape index (κ2) is 9.32. The van der Waals surface area contributed by atoms with E-state index in [1.54, 1.807) is 17.0 Å². The van der Waals surface area contributed by atoms with Crippen molar-refractivity contribution in [1.29, 1.82) is 0 Å². The molecule has 176 valence electrons. The van der Waals surface area contributed by atoms with Gasteiger partial charge in [0, 0.05) is 19.1 Å². The molecule has 1 amide bonds. The van der Waals surface area contributed by atoms with E-state index >= 15 is 0 Å². The predicted molar refractivity (Wildman–Crippen MR) is 119 cm³/mol. The first-order chi connectivity index (χ1) is 15.7. The minimum Gasteiger partial charge on any atom is -0.349 e. The van der Waals surface area contributed by atoms with Gasteiger partial charge in [-0.05, 0) is 43.2 Å². The molecule has 4 N–H and O–H groups in total. The molecule has 0 radical (unpaired) electrons. The number of nitrogens with one attached hydrogen (secondary N) is 4. The Morgan fingerprint density at radius 1 is 1.09 bits per heavy atom. The Labute approximate surface area is 188 Å². The Morgan fingerprint density at radius 3 is 2.52 bits per heavy atom. The number of carbonyl (C=O) groups excluding carboxylic acids is 1. The minimum absolute atomic E-state index is 0.0770. The summed E-state index contributed by atoms with van der Waals surface area (Å²) in [5.41, 5.74) is 0.611. The maximum atomic E-state index is 12.9. The van der Waals surface area contributed by atoms with Gasteiger partial charge >= 0.3 is 5.69 Å². The van der Waals surface area contributed by atoms with Crippen LogP contribution in [0.15, 0.2) is 52.2 Å². The normalized spacial score (nSPS) is 15.7. The lowest BCUT2D eigenvalue weighted by Gasteiger charge is -2.32. The zero-order chi connectivity index (χ0) is 23.6. The summed E-state index contributed by atoms with van der Waals surface area (Å²) >= 11 is 0. The molecule has 0 aliphatic carbocycles. The zero-order valence-electron chi connectivity index (χ0n) is 17.5. The third-order valence-electron chi connectivity index (χ3n) is 5.53. The summed E-state index contributed by atoms with van der Waals surface area (Å²) in [6.07, 6.45) is -1.34. The number of imidazole rings is 1. The van der Waals surface area contributed by atoms with Crippen LogP contribution in [0.4, 0.5) is 14.5 Å². The van der Waals surface area contributed by atoms with E-state index in [-0.39, 0.29) is 28.7 Å². The molecule has 12 heteroatoms. The van der Waals surface area contributed by atoms with Gasteiger partial charge in [0.1, 0.15) is 0 Å². The number of aromatic amines is 2. The number of anilines is 1. The Morgan fingerprint density at radius 2 is 1.79 bits per heavy atom. The van der Waals surface area contributed by atoms with Crippen LogP contribution in [-0.4, -0.2) is 61.3 Å². The Bertz CT molecular complexity index is 1310. The van der Waals surface area contributed by atoms with Gasteiger partial charge in [0.05, 0.1) is 33.7 Å². The van der Waals surface area contributed by atoms with Crippen LogP contribution in [0.2, 0.25) is 0 Å². The SMILES string of the molecule is O=C(NC1CCN(CC(F)F)CC1)c1ccccc1NS(=O)(=O)c1ccc2[nH]c(=O)[nH]c2c1. The van der Waals surface area contributed by atoms with Crippen LogP contribution in [0.25, 0.3) is 11.0 Å². The number of H-pyrrole nitrogens is 2. The van der Waals surface area contributed by atoms with Gasteiger partial charge in [-0.3, -0.25) is 14.4 Å². The highest BCUT2D eigenvalue weighted by Crippen LogP contribution is 2.22. The summed E-state index contributed by atoms with van der Waals surface area (Å²) in [7, 11) is -4.05. The molecular weight excluding hydrogens is 456 g/mol. The molecule has 1 aromatic heterocycles. The molecule has 0 unspecified atom stereocenters. The van der Waals surface area contributed by atoms with E-state index in [0.717, 1.165) is 0 Å². The maximum Gasteiger partial charge on any atom is 0.323 e. The van der Waals surface area contributed by atoms with Gasteiger partial charge in [-0.15, -0.1) is 0 Å². The second-order valence-corrected chi connectivity index (χ2v) is 9.56. The summed E-state index contributed by atoms with van der Waals surface area (Å²) in [6, 6.07) is 10.2. The van der Waals surface area contributed by atoms with E-state index in [0.29, 0.717) is 37.0 Å². The number of amides is 1. The van der Waals surface area contributed by atoms with Crippen LogP contribution in [0.3, 0.4) is 0 Å². The molecule has 1 fully saturated rings. The summed E-state index contributed by atoms with van der Waals surface area (Å²) in [4.78, 5) is 30.9. The average molecular weight is 480 g/mol. The van der Waals surface area contributed by atoms with E-state index in [2.05, 4.69) is 20.0 Å². The third-order valence-corrected chi connectivity index (χ3v) is 6.90. The number of hydrogen-bond donors (Lipinski definition) is 4. The maximum absolute atomic E-state index is 12.9. The lowest BCUT2D eigenvalue weighted by molar-refractivity contribution is 0.0696. The fraction of sp³-hybridized carbons (Fsp3) is 0.333. The first-order valence-electron chi connectivity index (χ1n) is 10.4. The molecule has 0 bridgehead atoms. The van der Waals surface area contributed by atoms with Crippen LogP contribution in [-0.2, 0) is 10.0 Å². The highest BCUT2D eigenvalue weighted by molar-refractivity contribution is 7.92. The zero-order valence-corrected chi connectivity index (χ0v) is 18.3. The number of rotatable bonds is 7. The van der Waals surface area contributed by atoms with Crippen molar-refractivity contribution in [3.8, 4) is 0 Å². The molecule has 0 saturated carbocycles. The summed E-state index contributed by atoms with van der Waals surface area (Å²) < 4.78 is 53.4. The van der Waals surface area contributed by atoms with Crippen molar-refractivity contribution in [3.63, 3.8) is 0 Å². The Hall–Kier alpha value is -3.25. The number of piperidine rings is 1. The van der Waals surface area contributed by atoms with Gasteiger partial charge in [-0.2, -0.15) is 0 Å². The smallest absolute Gasteiger partial charge is 0.323 e. The number of halogens is 2. The number of aromatic nitrogens is 2. The van der Waals surface area contributed by atoms with Crippen molar-refractivity contribution < 1.29 is 22.0 Å². The van der Waals surface area contributed by atoms with Crippen LogP contribution in [0.1, 0.15) is 23.2 Å². The van der Waals surface area contributed by atoms with Gasteiger partial charge in [-0.1, -0.05) is 12.1 Å². The first-order valence-corrected chi connectivity index (χ1v) is 11.8. The van der Waals surface area contributed by atoms with Gasteiger partial charge in [-0.25, -0.2) is 22.0 Å². The number of nitrogens with zero attached hydrogens (tertiary/aromatic N) is 1. The highest BCUT2D eigenvalue weighted by atomic mass is 32.2. The number of likely N-dealkylation sites (tertiary alicyclic amines) is 1. The molecule has 1 saturated heterocycles. The quantitative estimate of drug-likeness (QED) is 0.413. The van der Waals surface area contributed by atoms with Crippen molar-refractivity contribution in [3.05, 3.63) is 58.5 Å². The van der Waals surface area contributed by atoms with E-state index in [1.165, 1.54) is 30.3 Å². The van der Waals surface area contributed by atoms with Crippen molar-refractivity contribution in [2.75, 3.05) is 24.4 Å². The fourth-order valence-corrected chi connectivity index (χ4v) is 4.98. The van der Waals surface area contributed by atoms with E-state index in [9.17, 15) is 26.8 Å². The van der Waals surface area contributed by atoms with Gasteiger partial charge in [0.2, 0.25) is 0 Å². The van der Waals surface area contributed by atoms with Crippen LogP contribution >= 0.6 is 0 Å². The van der Waals surface area contributed by atoms with Crippen LogP contribution in [0.5, 0.6) is 0 Å². The van der Waals surface area contributed by atoms with E-state index in [4.69, 9.17) is 0 Å². The van der Waals surface area contributed by atoms with E-state index < -0.39 is 28.0 Å². The molecule has 3 aromatic rings. The van der Waals surface area contributed by atoms with Crippen molar-refractivity contribution >= 4 is 32.7 Å². The second-order valence-electron chi connectivity index (χ2n) is 7.88. The number of fused-ring (bicyclic) bond motifs is 1. The molecule has 9 nitrogen and oxygen atoms in total. The first kappa shape index (κ1) is 22.9. The molecular formula is C21H23F2N5O4S. The number of benzene rings is 2. The monoisotopic (exact) mass is 479 g/mol. The van der Waals surface area contributed by atoms with Crippen LogP contribution in [0, 0.1) is 0 Å². The van der Waals surface area contributed by atoms with Crippen molar-refractivity contribution in [1.82, 2.24) is 20.2 Å². The molecule has 2 aromatic carbocycles. The Kier molecular flexibility index (Phi) is 6.47. The lowest BCUT2D eigenvalue weighted by atomic mass is 10.0. The number of para-hydroxylation sites is 1. The topological polar surface area (TPSA) is 127 Å². The highest BCUT2D eigenvalue weighted by Gasteiger charge is 2.25. The predicted octanol–water partition coefficient (Wildman–Crippen LogP) is 2.12. The largest absolute Gasteiger partial charge is 0.349 e. The summed E-state index contributed by atoms with van der Waals surface area (Å²) in [5.74, 6) is -0.453. The van der Waals surface area contributed by atoms with Crippen LogP contribution < -0.4 is 15.7 Å². The number of hydrogen-bond acceptors (Lipinski definition) is 5. The molecule has 0 spiro atoms. The standard InChI is InChI=1S/C21H23F2N5O4S/c22-19(23)12-28-9-7-13(8-10-28)24-20(29)15-3-1-2-4-16(15)27-33(31,32)14-5-6-17-18(11-14)26-21(30)25-17/h1-6,11,13,19,27H,7-10,12H2,(H,24,29)(H2,25,26,30). The van der Waals surface area contributed by atoms with Gasteiger partial charge in [0.15, 0.2) is 0 Å². The molecule has 2 heterocycles. The minimum atomic E-state index is -4.05. The molecule has 4 rings (SSSR count). The number of alkyl halides is 2. The van der Waals surface area contributed by atoms with Gasteiger partial charge < -0.3 is 15.3 Å². The molecule has 1 aliphatic rings. The molecule has 1 aliphatic heterocycles. The van der Waals surface area contributed by atoms with Gasteiger partial charge in [0.25, 0.3) is 22.4 Å². The molecule has 0 atom stereocenters. The van der Waals surface area contributed by atoms with Crippen molar-refractivity contribution in [2.24, 2.45) is 0 Å². The number of carbonyl (C=O) groups is 1. The number of sulfonamides is 1. The van der Waals surface area contributed by atoms with Crippen molar-refractivity contribution in [2.45, 2.75) is 30.2 Å². The fourth-order valence-electron chi connectivity index (χ4n) is 3.87. The average Bonchev–Trinajstić information content (AvgIpc) is 3.14. The lowest BCUT2D eigenvalue weighted by Crippen LogP contribution is -2.45.